The first-order chi connectivity index (χ1) is 7.06. The summed E-state index contributed by atoms with van der Waals surface area (Å²) in [7, 11) is 0. The van der Waals surface area contributed by atoms with Gasteiger partial charge >= 0.3 is 5.97 Å². The van der Waals surface area contributed by atoms with E-state index in [0.717, 1.165) is 6.07 Å². The van der Waals surface area contributed by atoms with Crippen LogP contribution in [0.5, 0.6) is 0 Å². The molecule has 0 spiro atoms. The zero-order chi connectivity index (χ0) is 11.4. The first kappa shape index (κ1) is 12.1. The molecule has 0 radical (unpaired) electrons. The average Bonchev–Trinajstić information content (AvgIpc) is 2.21. The topological polar surface area (TPSA) is 46.5 Å². The summed E-state index contributed by atoms with van der Waals surface area (Å²) in [4.78, 5) is 11.2. The molecule has 0 bridgehead atoms. The molecule has 0 aliphatic rings. The quantitative estimate of drug-likeness (QED) is 0.861. The largest absolute Gasteiger partial charge is 0.464 e. The predicted octanol–water partition coefficient (Wildman–Crippen LogP) is 2.18. The minimum Gasteiger partial charge on any atom is -0.464 e. The summed E-state index contributed by atoms with van der Waals surface area (Å²) >= 11 is 3.12. The Labute approximate surface area is 95.0 Å². The summed E-state index contributed by atoms with van der Waals surface area (Å²) in [6.07, 6.45) is -1.46. The van der Waals surface area contributed by atoms with Crippen LogP contribution in [-0.4, -0.2) is 17.7 Å². The van der Waals surface area contributed by atoms with Crippen LogP contribution < -0.4 is 0 Å². The average molecular weight is 277 g/mol. The molecule has 1 aromatic rings. The number of benzene rings is 1. The van der Waals surface area contributed by atoms with Gasteiger partial charge in [-0.15, -0.1) is 0 Å². The van der Waals surface area contributed by atoms with Crippen molar-refractivity contribution in [1.82, 2.24) is 0 Å². The number of ether oxygens (including phenoxy) is 1. The number of aliphatic hydroxyl groups is 1. The number of halogens is 2. The van der Waals surface area contributed by atoms with E-state index >= 15 is 0 Å². The molecule has 0 amide bonds. The Bertz CT molecular complexity index is 368. The van der Waals surface area contributed by atoms with Crippen molar-refractivity contribution in [3.8, 4) is 0 Å². The number of carbonyl (C=O) groups is 1. The highest BCUT2D eigenvalue weighted by atomic mass is 79.9. The third-order valence-electron chi connectivity index (χ3n) is 1.76. The van der Waals surface area contributed by atoms with Gasteiger partial charge in [0.05, 0.1) is 6.61 Å². The summed E-state index contributed by atoms with van der Waals surface area (Å²) in [6, 6.07) is 3.74. The van der Waals surface area contributed by atoms with Gasteiger partial charge in [-0.2, -0.15) is 0 Å². The van der Waals surface area contributed by atoms with E-state index < -0.39 is 17.9 Å². The number of esters is 1. The molecule has 1 atom stereocenters. The Morgan fingerprint density at radius 3 is 2.93 bits per heavy atom. The van der Waals surface area contributed by atoms with Gasteiger partial charge in [-0.25, -0.2) is 9.18 Å². The van der Waals surface area contributed by atoms with Gasteiger partial charge in [0.1, 0.15) is 5.82 Å². The Morgan fingerprint density at radius 1 is 1.67 bits per heavy atom. The van der Waals surface area contributed by atoms with Gasteiger partial charge in [0.25, 0.3) is 0 Å². The summed E-state index contributed by atoms with van der Waals surface area (Å²) in [5, 5.41) is 9.55. The van der Waals surface area contributed by atoms with Crippen LogP contribution >= 0.6 is 15.9 Å². The van der Waals surface area contributed by atoms with Crippen LogP contribution in [0.2, 0.25) is 0 Å². The van der Waals surface area contributed by atoms with Crippen LogP contribution in [-0.2, 0) is 9.53 Å². The Kier molecular flexibility index (Phi) is 4.23. The van der Waals surface area contributed by atoms with Gasteiger partial charge in [0.15, 0.2) is 6.10 Å². The Balaban J connectivity index is 2.94. The van der Waals surface area contributed by atoms with E-state index in [1.807, 2.05) is 0 Å². The number of aliphatic hydroxyl groups excluding tert-OH is 1. The molecule has 0 saturated heterocycles. The highest BCUT2D eigenvalue weighted by Gasteiger charge is 2.21. The van der Waals surface area contributed by atoms with Crippen LogP contribution in [0.4, 0.5) is 4.39 Å². The lowest BCUT2D eigenvalue weighted by Gasteiger charge is -2.11. The van der Waals surface area contributed by atoms with Gasteiger partial charge in [-0.1, -0.05) is 15.9 Å². The van der Waals surface area contributed by atoms with Crippen molar-refractivity contribution in [3.63, 3.8) is 0 Å². The summed E-state index contributed by atoms with van der Waals surface area (Å²) in [5.41, 5.74) is 0.161. The van der Waals surface area contributed by atoms with Crippen molar-refractivity contribution < 1.29 is 19.0 Å². The molecule has 0 aromatic heterocycles. The van der Waals surface area contributed by atoms with Gasteiger partial charge in [-0.05, 0) is 25.1 Å². The molecule has 0 fully saturated rings. The van der Waals surface area contributed by atoms with E-state index in [1.165, 1.54) is 12.1 Å². The fourth-order valence-corrected chi connectivity index (χ4v) is 1.54. The zero-order valence-corrected chi connectivity index (χ0v) is 9.62. The summed E-state index contributed by atoms with van der Waals surface area (Å²) in [6.45, 7) is 1.80. The molecule has 0 saturated carbocycles. The second-order valence-corrected chi connectivity index (χ2v) is 3.67. The van der Waals surface area contributed by atoms with Crippen molar-refractivity contribution in [2.75, 3.05) is 6.61 Å². The number of hydrogen-bond donors (Lipinski definition) is 1. The van der Waals surface area contributed by atoms with E-state index in [1.54, 1.807) is 6.92 Å². The van der Waals surface area contributed by atoms with Crippen molar-refractivity contribution in [2.24, 2.45) is 0 Å². The van der Waals surface area contributed by atoms with E-state index in [4.69, 9.17) is 0 Å². The van der Waals surface area contributed by atoms with E-state index in [-0.39, 0.29) is 12.2 Å². The molecule has 15 heavy (non-hydrogen) atoms. The molecule has 1 unspecified atom stereocenters. The predicted molar refractivity (Wildman–Crippen MR) is 55.7 cm³/mol. The van der Waals surface area contributed by atoms with Crippen molar-refractivity contribution in [3.05, 3.63) is 34.1 Å². The van der Waals surface area contributed by atoms with Crippen LogP contribution in [0.1, 0.15) is 18.6 Å². The van der Waals surface area contributed by atoms with Crippen molar-refractivity contribution in [2.45, 2.75) is 13.0 Å². The van der Waals surface area contributed by atoms with Crippen LogP contribution in [0.25, 0.3) is 0 Å². The zero-order valence-electron chi connectivity index (χ0n) is 8.04. The van der Waals surface area contributed by atoms with Gasteiger partial charge in [0, 0.05) is 10.0 Å². The maximum atomic E-state index is 12.9. The first-order valence-corrected chi connectivity index (χ1v) is 5.15. The molecule has 0 aliphatic carbocycles. The molecule has 0 heterocycles. The number of hydrogen-bond acceptors (Lipinski definition) is 3. The van der Waals surface area contributed by atoms with Crippen molar-refractivity contribution >= 4 is 21.9 Å². The monoisotopic (exact) mass is 276 g/mol. The van der Waals surface area contributed by atoms with Crippen LogP contribution in [0.3, 0.4) is 0 Å². The maximum Gasteiger partial charge on any atom is 0.339 e. The second-order valence-electron chi connectivity index (χ2n) is 2.82. The summed E-state index contributed by atoms with van der Waals surface area (Å²) in [5.74, 6) is -1.31. The maximum absolute atomic E-state index is 12.9. The van der Waals surface area contributed by atoms with Crippen LogP contribution in [0, 0.1) is 5.82 Å². The third kappa shape index (κ3) is 3.00. The standard InChI is InChI=1S/C10H10BrFO3/c1-2-15-10(14)9(13)7-5-6(12)3-4-8(7)11/h3-5,9,13H,2H2,1H3. The molecule has 1 N–H and O–H groups in total. The van der Waals surface area contributed by atoms with Gasteiger partial charge in [0.2, 0.25) is 0 Å². The van der Waals surface area contributed by atoms with Gasteiger partial charge in [-0.3, -0.25) is 0 Å². The smallest absolute Gasteiger partial charge is 0.339 e. The lowest BCUT2D eigenvalue weighted by Crippen LogP contribution is -2.16. The lowest BCUT2D eigenvalue weighted by atomic mass is 10.1. The van der Waals surface area contributed by atoms with Gasteiger partial charge < -0.3 is 9.84 Å². The highest BCUT2D eigenvalue weighted by Crippen LogP contribution is 2.25. The molecule has 5 heteroatoms. The molecule has 0 aliphatic heterocycles. The number of carbonyl (C=O) groups excluding carboxylic acids is 1. The van der Waals surface area contributed by atoms with E-state index in [2.05, 4.69) is 20.7 Å². The van der Waals surface area contributed by atoms with E-state index in [0.29, 0.717) is 4.47 Å². The number of rotatable bonds is 3. The Hall–Kier alpha value is -0.940. The molecule has 1 aromatic carbocycles. The SMILES string of the molecule is CCOC(=O)C(O)c1cc(F)ccc1Br. The molecule has 82 valence electrons. The highest BCUT2D eigenvalue weighted by molar-refractivity contribution is 9.10. The minimum absolute atomic E-state index is 0.161. The third-order valence-corrected chi connectivity index (χ3v) is 2.48. The first-order valence-electron chi connectivity index (χ1n) is 4.36. The molecule has 3 nitrogen and oxygen atoms in total. The Morgan fingerprint density at radius 2 is 2.33 bits per heavy atom. The molecule has 1 rings (SSSR count). The minimum atomic E-state index is -1.46. The molecular formula is C10H10BrFO3. The fourth-order valence-electron chi connectivity index (χ4n) is 1.07. The van der Waals surface area contributed by atoms with Crippen molar-refractivity contribution in [1.29, 1.82) is 0 Å². The van der Waals surface area contributed by atoms with Crippen LogP contribution in [0.15, 0.2) is 22.7 Å². The molecular weight excluding hydrogens is 267 g/mol. The normalized spacial score (nSPS) is 12.3. The second kappa shape index (κ2) is 5.23. The summed E-state index contributed by atoms with van der Waals surface area (Å²) < 4.78 is 18.0. The fraction of sp³-hybridized carbons (Fsp3) is 0.300. The van der Waals surface area contributed by atoms with E-state index in [9.17, 15) is 14.3 Å². The lowest BCUT2D eigenvalue weighted by molar-refractivity contribution is -0.153.